The van der Waals surface area contributed by atoms with Gasteiger partial charge in [0.15, 0.2) is 11.4 Å². The minimum atomic E-state index is -0.511. The molecule has 1 aromatic heterocycles. The average Bonchev–Trinajstić information content (AvgIpc) is 2.61. The van der Waals surface area contributed by atoms with Gasteiger partial charge in [0.1, 0.15) is 6.17 Å². The Morgan fingerprint density at radius 1 is 1.22 bits per heavy atom. The first-order chi connectivity index (χ1) is 12.7. The van der Waals surface area contributed by atoms with Gasteiger partial charge >= 0.3 is 0 Å². The van der Waals surface area contributed by atoms with E-state index in [9.17, 15) is 14.7 Å². The smallest absolute Gasteiger partial charge is 0.288 e. The summed E-state index contributed by atoms with van der Waals surface area (Å²) >= 11 is 0. The maximum atomic E-state index is 13.0. The Kier molecular flexibility index (Phi) is 5.21. The van der Waals surface area contributed by atoms with E-state index < -0.39 is 11.2 Å². The molecule has 6 nitrogen and oxygen atoms in total. The average molecular weight is 373 g/mol. The molecule has 148 valence electrons. The summed E-state index contributed by atoms with van der Waals surface area (Å²) in [6, 6.07) is 1.35. The second-order valence-electron chi connectivity index (χ2n) is 8.24. The van der Waals surface area contributed by atoms with Crippen LogP contribution >= 0.6 is 0 Å². The van der Waals surface area contributed by atoms with Crippen LogP contribution in [0.15, 0.2) is 28.2 Å². The number of aromatic nitrogens is 1. The van der Waals surface area contributed by atoms with Crippen LogP contribution in [0, 0.1) is 5.41 Å². The number of carbonyl (C=O) groups is 1. The summed E-state index contributed by atoms with van der Waals surface area (Å²) in [5.41, 5.74) is 2.55. The van der Waals surface area contributed by atoms with E-state index >= 15 is 0 Å². The van der Waals surface area contributed by atoms with E-state index in [0.717, 1.165) is 19.3 Å². The van der Waals surface area contributed by atoms with Gasteiger partial charge in [-0.15, -0.1) is 0 Å². The zero-order valence-electron chi connectivity index (χ0n) is 17.1. The quantitative estimate of drug-likeness (QED) is 0.818. The summed E-state index contributed by atoms with van der Waals surface area (Å²) in [5, 5.41) is 14.1. The van der Waals surface area contributed by atoms with Crippen molar-refractivity contribution in [2.45, 2.75) is 66.5 Å². The second kappa shape index (κ2) is 7.15. The lowest BCUT2D eigenvalue weighted by Gasteiger charge is -2.47. The molecule has 0 saturated heterocycles. The Morgan fingerprint density at radius 3 is 2.52 bits per heavy atom. The lowest BCUT2D eigenvalue weighted by atomic mass is 9.71. The van der Waals surface area contributed by atoms with Gasteiger partial charge < -0.3 is 9.67 Å². The number of aromatic hydroxyl groups is 1. The Balaban J connectivity index is 2.16. The van der Waals surface area contributed by atoms with Gasteiger partial charge in [-0.25, -0.2) is 0 Å². The molecule has 0 bridgehead atoms. The first-order valence-corrected chi connectivity index (χ1v) is 9.94. The Hall–Kier alpha value is -2.08. The number of fused-ring (bicyclic) bond motifs is 1. The number of allylic oxidation sites excluding steroid dienone is 1. The molecule has 1 aliphatic carbocycles. The minimum Gasteiger partial charge on any atom is -0.503 e. The first-order valence-electron chi connectivity index (χ1n) is 9.94. The van der Waals surface area contributed by atoms with Gasteiger partial charge in [-0.2, -0.15) is 5.01 Å². The zero-order valence-corrected chi connectivity index (χ0v) is 17.1. The van der Waals surface area contributed by atoms with Crippen molar-refractivity contribution in [3.05, 3.63) is 39.3 Å². The number of hydrogen-bond donors (Lipinski definition) is 1. The third kappa shape index (κ3) is 3.20. The van der Waals surface area contributed by atoms with Crippen LogP contribution in [0.2, 0.25) is 0 Å². The molecule has 1 aromatic rings. The number of carbonyl (C=O) groups excluding carboxylic acids is 1. The van der Waals surface area contributed by atoms with Crippen molar-refractivity contribution >= 4 is 5.91 Å². The van der Waals surface area contributed by atoms with Crippen molar-refractivity contribution in [1.82, 2.24) is 14.6 Å². The molecule has 0 fully saturated rings. The maximum absolute atomic E-state index is 13.0. The third-order valence-electron chi connectivity index (χ3n) is 6.21. The molecule has 1 amide bonds. The lowest BCUT2D eigenvalue weighted by molar-refractivity contribution is -0.0719. The van der Waals surface area contributed by atoms with Gasteiger partial charge in [0.25, 0.3) is 5.91 Å². The SMILES string of the molecule is CCN1C(=O)c2c(O)c(=O)ccn2C(CC2=C(C)CCCC2(C)C)N1CC. The van der Waals surface area contributed by atoms with E-state index in [2.05, 4.69) is 25.8 Å². The van der Waals surface area contributed by atoms with Crippen molar-refractivity contribution < 1.29 is 9.90 Å². The van der Waals surface area contributed by atoms with E-state index in [1.807, 2.05) is 13.8 Å². The van der Waals surface area contributed by atoms with Gasteiger partial charge in [-0.1, -0.05) is 31.9 Å². The lowest BCUT2D eigenvalue weighted by Crippen LogP contribution is -2.55. The molecule has 0 spiro atoms. The van der Waals surface area contributed by atoms with Crippen molar-refractivity contribution in [2.24, 2.45) is 5.41 Å². The van der Waals surface area contributed by atoms with Crippen LogP contribution in [0.3, 0.4) is 0 Å². The van der Waals surface area contributed by atoms with Gasteiger partial charge in [0.2, 0.25) is 5.43 Å². The fraction of sp³-hybridized carbons (Fsp3) is 0.619. The molecule has 1 unspecified atom stereocenters. The Bertz CT molecular complexity index is 838. The highest BCUT2D eigenvalue weighted by Crippen LogP contribution is 2.45. The number of rotatable bonds is 4. The van der Waals surface area contributed by atoms with E-state index in [0.29, 0.717) is 13.1 Å². The summed E-state index contributed by atoms with van der Waals surface area (Å²) in [6.07, 6.45) is 5.74. The standard InChI is InChI=1S/C21H31N3O3/c1-6-23-17(13-15-14(3)9-8-11-21(15,4)5)22-12-10-16(25)19(26)18(22)20(27)24(23)7-2/h10,12,17,26H,6-9,11,13H2,1-5H3. The molecule has 2 heterocycles. The summed E-state index contributed by atoms with van der Waals surface area (Å²) in [4.78, 5) is 24.9. The number of nitrogens with zero attached hydrogens (tertiary/aromatic N) is 3. The zero-order chi connectivity index (χ0) is 19.9. The molecule has 0 aromatic carbocycles. The molecule has 2 aliphatic rings. The van der Waals surface area contributed by atoms with Gasteiger partial charge in [-0.05, 0) is 38.5 Å². The van der Waals surface area contributed by atoms with Crippen LogP contribution in [-0.2, 0) is 0 Å². The highest BCUT2D eigenvalue weighted by molar-refractivity contribution is 5.95. The summed E-state index contributed by atoms with van der Waals surface area (Å²) in [6.45, 7) is 11.9. The van der Waals surface area contributed by atoms with Crippen LogP contribution in [0.25, 0.3) is 0 Å². The summed E-state index contributed by atoms with van der Waals surface area (Å²) in [7, 11) is 0. The molecule has 1 atom stereocenters. The van der Waals surface area contributed by atoms with Gasteiger partial charge in [0.05, 0.1) is 0 Å². The minimum absolute atomic E-state index is 0.103. The molecule has 0 radical (unpaired) electrons. The van der Waals surface area contributed by atoms with E-state index in [4.69, 9.17) is 0 Å². The van der Waals surface area contributed by atoms with Crippen molar-refractivity contribution in [1.29, 1.82) is 0 Å². The molecule has 27 heavy (non-hydrogen) atoms. The number of pyridine rings is 1. The predicted molar refractivity (Wildman–Crippen MR) is 105 cm³/mol. The maximum Gasteiger partial charge on any atom is 0.288 e. The highest BCUT2D eigenvalue weighted by Gasteiger charge is 2.40. The molecular weight excluding hydrogens is 342 g/mol. The van der Waals surface area contributed by atoms with Crippen LogP contribution in [0.1, 0.15) is 77.0 Å². The van der Waals surface area contributed by atoms with E-state index in [-0.39, 0.29) is 23.2 Å². The topological polar surface area (TPSA) is 65.8 Å². The van der Waals surface area contributed by atoms with E-state index in [1.165, 1.54) is 23.6 Å². The molecule has 0 saturated carbocycles. The number of amides is 1. The van der Waals surface area contributed by atoms with Crippen LogP contribution in [0.4, 0.5) is 0 Å². The Labute approximate surface area is 161 Å². The van der Waals surface area contributed by atoms with Crippen molar-refractivity contribution in [2.75, 3.05) is 13.1 Å². The first kappa shape index (κ1) is 19.7. The Morgan fingerprint density at radius 2 is 1.93 bits per heavy atom. The van der Waals surface area contributed by atoms with E-state index in [1.54, 1.807) is 15.8 Å². The van der Waals surface area contributed by atoms with Crippen molar-refractivity contribution in [3.8, 4) is 5.75 Å². The highest BCUT2D eigenvalue weighted by atomic mass is 16.3. The number of hydrazine groups is 1. The van der Waals surface area contributed by atoms with Crippen LogP contribution < -0.4 is 5.43 Å². The molecule has 1 N–H and O–H groups in total. The van der Waals surface area contributed by atoms with Crippen molar-refractivity contribution in [3.63, 3.8) is 0 Å². The molecule has 3 rings (SSSR count). The normalized spacial score (nSPS) is 22.9. The molecule has 1 aliphatic heterocycles. The fourth-order valence-corrected chi connectivity index (χ4v) is 4.76. The molecular formula is C21H31N3O3. The summed E-state index contributed by atoms with van der Waals surface area (Å²) in [5.74, 6) is -0.769. The monoisotopic (exact) mass is 373 g/mol. The molecule has 6 heteroatoms. The van der Waals surface area contributed by atoms with Gasteiger partial charge in [-0.3, -0.25) is 14.6 Å². The largest absolute Gasteiger partial charge is 0.503 e. The summed E-state index contributed by atoms with van der Waals surface area (Å²) < 4.78 is 1.79. The number of hydrogen-bond acceptors (Lipinski definition) is 4. The van der Waals surface area contributed by atoms with Crippen LogP contribution in [0.5, 0.6) is 5.75 Å². The predicted octanol–water partition coefficient (Wildman–Crippen LogP) is 3.68. The van der Waals surface area contributed by atoms with Crippen LogP contribution in [-0.4, -0.2) is 38.7 Å². The second-order valence-corrected chi connectivity index (χ2v) is 8.24. The van der Waals surface area contributed by atoms with Gasteiger partial charge in [0, 0.05) is 31.8 Å². The third-order valence-corrected chi connectivity index (χ3v) is 6.21. The fourth-order valence-electron chi connectivity index (χ4n) is 4.76.